The van der Waals surface area contributed by atoms with Crippen molar-refractivity contribution in [2.75, 3.05) is 5.75 Å². The van der Waals surface area contributed by atoms with E-state index in [1.807, 2.05) is 0 Å². The summed E-state index contributed by atoms with van der Waals surface area (Å²) in [7, 11) is -1.61. The number of hydrogen-bond donors (Lipinski definition) is 2. The number of benzene rings is 1. The van der Waals surface area contributed by atoms with Gasteiger partial charge in [-0.1, -0.05) is 6.07 Å². The molecule has 0 amide bonds. The van der Waals surface area contributed by atoms with Crippen molar-refractivity contribution in [1.29, 1.82) is 0 Å². The summed E-state index contributed by atoms with van der Waals surface area (Å²) < 4.78 is 23.9. The lowest BCUT2D eigenvalue weighted by Crippen LogP contribution is -2.04. The smallest absolute Gasteiger partial charge is 0.127 e. The number of aryl methyl sites for hydroxylation is 1. The van der Waals surface area contributed by atoms with Crippen LogP contribution < -0.4 is 5.14 Å². The summed E-state index contributed by atoms with van der Waals surface area (Å²) >= 11 is 3.99. The second-order valence-electron chi connectivity index (χ2n) is 2.52. The monoisotopic (exact) mass is 219 g/mol. The van der Waals surface area contributed by atoms with Crippen molar-refractivity contribution in [2.45, 2.75) is 11.3 Å². The van der Waals surface area contributed by atoms with Gasteiger partial charge < -0.3 is 0 Å². The van der Waals surface area contributed by atoms with Crippen molar-refractivity contribution in [3.63, 3.8) is 0 Å². The fourth-order valence-electron chi connectivity index (χ4n) is 0.976. The van der Waals surface area contributed by atoms with E-state index in [0.29, 0.717) is 22.6 Å². The Kier molecular flexibility index (Phi) is 3.90. The summed E-state index contributed by atoms with van der Waals surface area (Å²) in [6.07, 6.45) is 0.562. The van der Waals surface area contributed by atoms with Gasteiger partial charge in [0, 0.05) is 0 Å². The van der Waals surface area contributed by atoms with E-state index in [1.54, 1.807) is 12.1 Å². The number of hydrogen-bond acceptors (Lipinski definition) is 2. The van der Waals surface area contributed by atoms with Gasteiger partial charge in [-0.2, -0.15) is 12.6 Å². The SMILES string of the molecule is NS(=O)c1ccc(CCS)c(F)c1. The molecule has 0 saturated heterocycles. The molecule has 0 aliphatic heterocycles. The fraction of sp³-hybridized carbons (Fsp3) is 0.250. The van der Waals surface area contributed by atoms with Crippen LogP contribution in [0.5, 0.6) is 0 Å². The molecule has 0 aromatic heterocycles. The molecule has 0 fully saturated rings. The lowest BCUT2D eigenvalue weighted by atomic mass is 10.1. The first-order valence-corrected chi connectivity index (χ1v) is 5.55. The topological polar surface area (TPSA) is 43.1 Å². The Labute approximate surface area is 84.3 Å². The minimum Gasteiger partial charge on any atom is -0.248 e. The highest BCUT2D eigenvalue weighted by Gasteiger charge is 2.04. The molecule has 0 spiro atoms. The molecule has 2 N–H and O–H groups in total. The number of halogens is 1. The highest BCUT2D eigenvalue weighted by molar-refractivity contribution is 7.82. The molecule has 0 aliphatic rings. The van der Waals surface area contributed by atoms with E-state index in [2.05, 4.69) is 12.6 Å². The lowest BCUT2D eigenvalue weighted by molar-refractivity contribution is 0.607. The highest BCUT2D eigenvalue weighted by Crippen LogP contribution is 2.12. The standard InChI is InChI=1S/C8H10FNOS2/c9-8-5-7(13(10)11)2-1-6(8)3-4-12/h1-2,5,12H,3-4,10H2. The maximum Gasteiger partial charge on any atom is 0.127 e. The summed E-state index contributed by atoms with van der Waals surface area (Å²) in [5, 5.41) is 5.10. The highest BCUT2D eigenvalue weighted by atomic mass is 32.2. The minimum atomic E-state index is -1.61. The van der Waals surface area contributed by atoms with Crippen LogP contribution >= 0.6 is 12.6 Å². The molecule has 0 radical (unpaired) electrons. The lowest BCUT2D eigenvalue weighted by Gasteiger charge is -2.02. The molecule has 1 atom stereocenters. The van der Waals surface area contributed by atoms with Crippen LogP contribution in [0.1, 0.15) is 5.56 Å². The van der Waals surface area contributed by atoms with E-state index in [1.165, 1.54) is 6.07 Å². The van der Waals surface area contributed by atoms with Crippen LogP contribution in [0.4, 0.5) is 4.39 Å². The van der Waals surface area contributed by atoms with E-state index in [-0.39, 0.29) is 5.82 Å². The average Bonchev–Trinajstić information content (AvgIpc) is 2.08. The molecule has 5 heteroatoms. The predicted molar refractivity (Wildman–Crippen MR) is 54.6 cm³/mol. The molecule has 1 aromatic rings. The van der Waals surface area contributed by atoms with E-state index < -0.39 is 11.0 Å². The second-order valence-corrected chi connectivity index (χ2v) is 4.04. The predicted octanol–water partition coefficient (Wildman–Crippen LogP) is 1.28. The molecule has 1 rings (SSSR count). The second kappa shape index (κ2) is 4.74. The molecular formula is C8H10FNOS2. The van der Waals surface area contributed by atoms with Crippen LogP contribution in [0.3, 0.4) is 0 Å². The van der Waals surface area contributed by atoms with Crippen molar-refractivity contribution < 1.29 is 8.60 Å². The van der Waals surface area contributed by atoms with E-state index in [4.69, 9.17) is 5.14 Å². The van der Waals surface area contributed by atoms with Crippen LogP contribution in [0.25, 0.3) is 0 Å². The first kappa shape index (κ1) is 10.7. The molecule has 0 saturated carbocycles. The molecule has 0 heterocycles. The van der Waals surface area contributed by atoms with Crippen LogP contribution in [0.2, 0.25) is 0 Å². The van der Waals surface area contributed by atoms with Gasteiger partial charge in [0.2, 0.25) is 0 Å². The minimum absolute atomic E-state index is 0.306. The largest absolute Gasteiger partial charge is 0.248 e. The van der Waals surface area contributed by atoms with Crippen LogP contribution in [-0.4, -0.2) is 9.96 Å². The van der Waals surface area contributed by atoms with Crippen LogP contribution in [-0.2, 0) is 17.4 Å². The first-order chi connectivity index (χ1) is 6.15. The first-order valence-electron chi connectivity index (χ1n) is 3.70. The van der Waals surface area contributed by atoms with Crippen molar-refractivity contribution in [1.82, 2.24) is 0 Å². The fourth-order valence-corrected chi connectivity index (χ4v) is 1.64. The van der Waals surface area contributed by atoms with Crippen molar-refractivity contribution in [3.8, 4) is 0 Å². The van der Waals surface area contributed by atoms with Gasteiger partial charge in [0.15, 0.2) is 0 Å². The Balaban J connectivity index is 2.98. The molecule has 2 nitrogen and oxygen atoms in total. The van der Waals surface area contributed by atoms with E-state index in [0.717, 1.165) is 0 Å². The van der Waals surface area contributed by atoms with Gasteiger partial charge in [-0.05, 0) is 29.9 Å². The van der Waals surface area contributed by atoms with E-state index in [9.17, 15) is 8.60 Å². The van der Waals surface area contributed by atoms with Gasteiger partial charge in [-0.3, -0.25) is 0 Å². The van der Waals surface area contributed by atoms with Gasteiger partial charge in [-0.15, -0.1) is 0 Å². The molecule has 0 bridgehead atoms. The summed E-state index contributed by atoms with van der Waals surface area (Å²) in [6.45, 7) is 0. The third kappa shape index (κ3) is 2.79. The van der Waals surface area contributed by atoms with Gasteiger partial charge in [0.05, 0.1) is 4.90 Å². The normalized spacial score (nSPS) is 12.8. The molecule has 0 aliphatic carbocycles. The summed E-state index contributed by atoms with van der Waals surface area (Å²) in [6, 6.07) is 4.36. The Bertz CT molecular complexity index is 330. The maximum absolute atomic E-state index is 13.2. The summed E-state index contributed by atoms with van der Waals surface area (Å²) in [5.41, 5.74) is 0.573. The Morgan fingerprint density at radius 1 is 1.54 bits per heavy atom. The number of nitrogens with two attached hydrogens (primary N) is 1. The van der Waals surface area contributed by atoms with Crippen molar-refractivity contribution in [3.05, 3.63) is 29.6 Å². The van der Waals surface area contributed by atoms with E-state index >= 15 is 0 Å². The molecule has 1 aromatic carbocycles. The quantitative estimate of drug-likeness (QED) is 0.739. The zero-order valence-electron chi connectivity index (χ0n) is 6.87. The molecule has 13 heavy (non-hydrogen) atoms. The summed E-state index contributed by atoms with van der Waals surface area (Å²) in [4.78, 5) is 0.306. The number of rotatable bonds is 3. The number of thiol groups is 1. The summed E-state index contributed by atoms with van der Waals surface area (Å²) in [5.74, 6) is 0.215. The third-order valence-electron chi connectivity index (χ3n) is 1.64. The zero-order valence-corrected chi connectivity index (χ0v) is 8.58. The Morgan fingerprint density at radius 2 is 2.23 bits per heavy atom. The van der Waals surface area contributed by atoms with Crippen LogP contribution in [0.15, 0.2) is 23.1 Å². The van der Waals surface area contributed by atoms with Gasteiger partial charge in [0.1, 0.15) is 16.8 Å². The third-order valence-corrected chi connectivity index (χ3v) is 2.58. The van der Waals surface area contributed by atoms with Crippen LogP contribution in [0, 0.1) is 5.82 Å². The van der Waals surface area contributed by atoms with Crippen molar-refractivity contribution in [2.24, 2.45) is 5.14 Å². The molecular weight excluding hydrogens is 209 g/mol. The Hall–Kier alpha value is -0.390. The Morgan fingerprint density at radius 3 is 2.69 bits per heavy atom. The average molecular weight is 219 g/mol. The van der Waals surface area contributed by atoms with Gasteiger partial charge in [-0.25, -0.2) is 13.7 Å². The molecule has 72 valence electrons. The van der Waals surface area contributed by atoms with Crippen molar-refractivity contribution >= 4 is 23.6 Å². The van der Waals surface area contributed by atoms with Gasteiger partial charge in [0.25, 0.3) is 0 Å². The zero-order chi connectivity index (χ0) is 9.84. The molecule has 1 unspecified atom stereocenters. The van der Waals surface area contributed by atoms with Gasteiger partial charge >= 0.3 is 0 Å². The maximum atomic E-state index is 13.2.